The predicted molar refractivity (Wildman–Crippen MR) is 117 cm³/mol. The summed E-state index contributed by atoms with van der Waals surface area (Å²) < 4.78 is 0. The van der Waals surface area contributed by atoms with Gasteiger partial charge >= 0.3 is 0 Å². The molecule has 3 rings (SSSR count). The van der Waals surface area contributed by atoms with Gasteiger partial charge in [-0.1, -0.05) is 48.5 Å². The smallest absolute Gasteiger partial charge is 0.238 e. The summed E-state index contributed by atoms with van der Waals surface area (Å²) in [5, 5.41) is 3.10. The van der Waals surface area contributed by atoms with Gasteiger partial charge in [0, 0.05) is 37.9 Å². The van der Waals surface area contributed by atoms with Crippen LogP contribution in [0, 0.1) is 13.8 Å². The standard InChI is InChI=1S/C24H33N3O/c1-19-8-7-9-20(2)24(19)25-23(28)18-26-14-16-27(17-15-26)21(3)12-13-22-10-5-4-6-11-22/h4-11,21H,12-18H2,1-3H3,(H,25,28)/t21-/m1/s1. The lowest BCUT2D eigenvalue weighted by molar-refractivity contribution is -0.117. The van der Waals surface area contributed by atoms with E-state index in [1.807, 2.05) is 32.0 Å². The Kier molecular flexibility index (Phi) is 7.24. The maximum Gasteiger partial charge on any atom is 0.238 e. The zero-order valence-corrected chi connectivity index (χ0v) is 17.4. The summed E-state index contributed by atoms with van der Waals surface area (Å²) in [6, 6.07) is 17.4. The molecular formula is C24H33N3O. The third-order valence-electron chi connectivity index (χ3n) is 5.84. The van der Waals surface area contributed by atoms with E-state index in [4.69, 9.17) is 0 Å². The Bertz CT molecular complexity index is 746. The van der Waals surface area contributed by atoms with E-state index in [0.29, 0.717) is 12.6 Å². The minimum Gasteiger partial charge on any atom is -0.324 e. The Morgan fingerprint density at radius 3 is 2.25 bits per heavy atom. The number of nitrogens with one attached hydrogen (secondary N) is 1. The SMILES string of the molecule is Cc1cccc(C)c1NC(=O)CN1CCN([C@H](C)CCc2ccccc2)CC1. The summed E-state index contributed by atoms with van der Waals surface area (Å²) in [7, 11) is 0. The first-order chi connectivity index (χ1) is 13.5. The van der Waals surface area contributed by atoms with E-state index in [1.54, 1.807) is 0 Å². The molecule has 0 saturated carbocycles. The fourth-order valence-electron chi connectivity index (χ4n) is 3.96. The van der Waals surface area contributed by atoms with Crippen molar-refractivity contribution in [3.8, 4) is 0 Å². The average molecular weight is 380 g/mol. The van der Waals surface area contributed by atoms with Crippen molar-refractivity contribution in [2.24, 2.45) is 0 Å². The van der Waals surface area contributed by atoms with Crippen LogP contribution in [0.25, 0.3) is 0 Å². The van der Waals surface area contributed by atoms with Crippen LogP contribution < -0.4 is 5.32 Å². The first-order valence-corrected chi connectivity index (χ1v) is 10.4. The molecule has 0 aliphatic carbocycles. The van der Waals surface area contributed by atoms with E-state index in [0.717, 1.165) is 49.4 Å². The van der Waals surface area contributed by atoms with Crippen molar-refractivity contribution in [3.05, 3.63) is 65.2 Å². The van der Waals surface area contributed by atoms with Gasteiger partial charge in [0.05, 0.1) is 6.54 Å². The summed E-state index contributed by atoms with van der Waals surface area (Å²) in [5.41, 5.74) is 4.60. The fraction of sp³-hybridized carbons (Fsp3) is 0.458. The summed E-state index contributed by atoms with van der Waals surface area (Å²) in [6.45, 7) is 10.9. The van der Waals surface area contributed by atoms with Crippen molar-refractivity contribution in [3.63, 3.8) is 0 Å². The maximum absolute atomic E-state index is 12.5. The lowest BCUT2D eigenvalue weighted by Crippen LogP contribution is -2.51. The van der Waals surface area contributed by atoms with Gasteiger partial charge in [-0.15, -0.1) is 0 Å². The van der Waals surface area contributed by atoms with Gasteiger partial charge in [-0.2, -0.15) is 0 Å². The predicted octanol–water partition coefficient (Wildman–Crippen LogP) is 3.88. The van der Waals surface area contributed by atoms with Crippen LogP contribution in [0.1, 0.15) is 30.0 Å². The molecule has 28 heavy (non-hydrogen) atoms. The summed E-state index contributed by atoms with van der Waals surface area (Å²) in [4.78, 5) is 17.3. The lowest BCUT2D eigenvalue weighted by atomic mass is 10.0. The topological polar surface area (TPSA) is 35.6 Å². The van der Waals surface area contributed by atoms with Gasteiger partial charge in [0.15, 0.2) is 0 Å². The van der Waals surface area contributed by atoms with Gasteiger partial charge in [0.1, 0.15) is 0 Å². The Hall–Kier alpha value is -2.17. The number of aryl methyl sites for hydroxylation is 3. The molecule has 1 aliphatic rings. The van der Waals surface area contributed by atoms with E-state index in [9.17, 15) is 4.79 Å². The number of hydrogen-bond acceptors (Lipinski definition) is 3. The van der Waals surface area contributed by atoms with Crippen LogP contribution in [0.4, 0.5) is 5.69 Å². The fourth-order valence-corrected chi connectivity index (χ4v) is 3.96. The van der Waals surface area contributed by atoms with E-state index in [1.165, 1.54) is 12.0 Å². The van der Waals surface area contributed by atoms with Gasteiger partial charge in [0.2, 0.25) is 5.91 Å². The van der Waals surface area contributed by atoms with Crippen molar-refractivity contribution < 1.29 is 4.79 Å². The molecule has 1 N–H and O–H groups in total. The van der Waals surface area contributed by atoms with Crippen LogP contribution in [-0.4, -0.2) is 54.5 Å². The van der Waals surface area contributed by atoms with Crippen molar-refractivity contribution in [1.82, 2.24) is 9.80 Å². The van der Waals surface area contributed by atoms with E-state index in [2.05, 4.69) is 52.4 Å². The molecule has 150 valence electrons. The number of nitrogens with zero attached hydrogens (tertiary/aromatic N) is 2. The first-order valence-electron chi connectivity index (χ1n) is 10.4. The highest BCUT2D eigenvalue weighted by Crippen LogP contribution is 2.19. The number of carbonyl (C=O) groups is 1. The lowest BCUT2D eigenvalue weighted by Gasteiger charge is -2.38. The second-order valence-electron chi connectivity index (χ2n) is 8.00. The molecule has 1 saturated heterocycles. The number of benzene rings is 2. The molecule has 1 aliphatic heterocycles. The van der Waals surface area contributed by atoms with Gasteiger partial charge in [-0.25, -0.2) is 0 Å². The van der Waals surface area contributed by atoms with E-state index < -0.39 is 0 Å². The zero-order chi connectivity index (χ0) is 19.9. The van der Waals surface area contributed by atoms with Crippen LogP contribution in [0.3, 0.4) is 0 Å². The highest BCUT2D eigenvalue weighted by atomic mass is 16.2. The average Bonchev–Trinajstić information content (AvgIpc) is 2.70. The highest BCUT2D eigenvalue weighted by Gasteiger charge is 2.22. The molecule has 1 atom stereocenters. The second-order valence-corrected chi connectivity index (χ2v) is 8.00. The third-order valence-corrected chi connectivity index (χ3v) is 5.84. The molecule has 0 radical (unpaired) electrons. The van der Waals surface area contributed by atoms with Gasteiger partial charge in [-0.05, 0) is 50.3 Å². The minimum absolute atomic E-state index is 0.0861. The van der Waals surface area contributed by atoms with Gasteiger partial charge in [0.25, 0.3) is 0 Å². The largest absolute Gasteiger partial charge is 0.324 e. The van der Waals surface area contributed by atoms with Crippen LogP contribution >= 0.6 is 0 Å². The van der Waals surface area contributed by atoms with Crippen molar-refractivity contribution in [2.45, 2.75) is 39.7 Å². The minimum atomic E-state index is 0.0861. The Labute approximate surface area is 169 Å². The Morgan fingerprint density at radius 1 is 0.964 bits per heavy atom. The molecule has 2 aromatic rings. The second kappa shape index (κ2) is 9.85. The summed E-state index contributed by atoms with van der Waals surface area (Å²) in [6.07, 6.45) is 2.30. The molecule has 0 unspecified atom stereocenters. The van der Waals surface area contributed by atoms with Crippen LogP contribution in [0.5, 0.6) is 0 Å². The van der Waals surface area contributed by atoms with Crippen LogP contribution in [0.15, 0.2) is 48.5 Å². The monoisotopic (exact) mass is 379 g/mol. The number of anilines is 1. The molecule has 1 amide bonds. The number of carbonyl (C=O) groups excluding carboxylic acids is 1. The summed E-state index contributed by atoms with van der Waals surface area (Å²) >= 11 is 0. The van der Waals surface area contributed by atoms with Crippen molar-refractivity contribution in [2.75, 3.05) is 38.0 Å². The molecule has 2 aromatic carbocycles. The molecule has 4 nitrogen and oxygen atoms in total. The normalized spacial score (nSPS) is 16.7. The Morgan fingerprint density at radius 2 is 1.61 bits per heavy atom. The van der Waals surface area contributed by atoms with Crippen LogP contribution in [-0.2, 0) is 11.2 Å². The molecule has 1 fully saturated rings. The van der Waals surface area contributed by atoms with Crippen LogP contribution in [0.2, 0.25) is 0 Å². The number of amides is 1. The number of hydrogen-bond donors (Lipinski definition) is 1. The number of piperazine rings is 1. The molecule has 0 spiro atoms. The third kappa shape index (κ3) is 5.66. The molecule has 0 bridgehead atoms. The first kappa shape index (κ1) is 20.6. The van der Waals surface area contributed by atoms with Gasteiger partial charge in [-0.3, -0.25) is 14.6 Å². The molecule has 1 heterocycles. The van der Waals surface area contributed by atoms with Crippen molar-refractivity contribution >= 4 is 11.6 Å². The summed E-state index contributed by atoms with van der Waals surface area (Å²) in [5.74, 6) is 0.0861. The van der Waals surface area contributed by atoms with E-state index in [-0.39, 0.29) is 5.91 Å². The maximum atomic E-state index is 12.5. The van der Waals surface area contributed by atoms with E-state index >= 15 is 0 Å². The Balaban J connectivity index is 1.41. The number of para-hydroxylation sites is 1. The quantitative estimate of drug-likeness (QED) is 0.793. The van der Waals surface area contributed by atoms with Gasteiger partial charge < -0.3 is 5.32 Å². The molecular weight excluding hydrogens is 346 g/mol. The number of rotatable bonds is 7. The molecule has 4 heteroatoms. The zero-order valence-electron chi connectivity index (χ0n) is 17.4. The molecule has 0 aromatic heterocycles. The highest BCUT2D eigenvalue weighted by molar-refractivity contribution is 5.93. The van der Waals surface area contributed by atoms with Crippen molar-refractivity contribution in [1.29, 1.82) is 0 Å².